The van der Waals surface area contributed by atoms with Crippen molar-refractivity contribution in [2.45, 2.75) is 238 Å². The summed E-state index contributed by atoms with van der Waals surface area (Å²) < 4.78 is 103. The fourth-order valence-corrected chi connectivity index (χ4v) is 18.3. The van der Waals surface area contributed by atoms with E-state index in [0.29, 0.717) is 59.4 Å². The first-order valence-electron chi connectivity index (χ1n) is 42.8. The van der Waals surface area contributed by atoms with Gasteiger partial charge in [0.05, 0.1) is 22.2 Å². The Morgan fingerprint density at radius 3 is 1.20 bits per heavy atom. The average Bonchev–Trinajstić information content (AvgIpc) is 0.866. The number of alkyl halides is 1. The van der Waals surface area contributed by atoms with E-state index >= 15 is 0 Å². The van der Waals surface area contributed by atoms with Gasteiger partial charge in [-0.2, -0.15) is 12.8 Å². The van der Waals surface area contributed by atoms with Crippen molar-refractivity contribution >= 4 is 117 Å². The number of hydrogen-bond acceptors (Lipinski definition) is 12. The zero-order valence-corrected chi connectivity index (χ0v) is 79.5. The van der Waals surface area contributed by atoms with Crippen LogP contribution in [0.25, 0.3) is 0 Å². The van der Waals surface area contributed by atoms with Crippen molar-refractivity contribution in [2.24, 2.45) is 16.8 Å². The van der Waals surface area contributed by atoms with Crippen LogP contribution >= 0.6 is 53.2 Å². The van der Waals surface area contributed by atoms with Gasteiger partial charge in [0.2, 0.25) is 12.1 Å². The van der Waals surface area contributed by atoms with E-state index in [9.17, 15) is 74.1 Å². The number of carbonyl (C=O) groups is 6. The minimum absolute atomic E-state index is 0. The van der Waals surface area contributed by atoms with Crippen molar-refractivity contribution < 1.29 is 91.1 Å². The number of nitrogens with zero attached hydrogens (tertiary/aromatic N) is 1. The molecule has 680 valence electrons. The third kappa shape index (κ3) is 32.9. The molecule has 0 bridgehead atoms. The number of likely N-dealkylation sites (N-methyl/N-ethyl adjacent to an activating group) is 3. The topological polar surface area (TPSA) is 191 Å². The largest absolute Gasteiger partial charge is 2.00 e. The van der Waals surface area contributed by atoms with Gasteiger partial charge in [0, 0.05) is 55.0 Å². The summed E-state index contributed by atoms with van der Waals surface area (Å²) in [7, 11) is 6.97. The second kappa shape index (κ2) is 57.4. The van der Waals surface area contributed by atoms with Gasteiger partial charge in [-0.15, -0.1) is 41.6 Å². The maximum atomic E-state index is 13.2. The van der Waals surface area contributed by atoms with E-state index in [0.717, 1.165) is 176 Å². The smallest absolute Gasteiger partial charge is 1.00 e. The number of ketones is 5. The molecule has 0 radical (unpaired) electrons. The number of carbonyl (C=O) groups excluding carboxylic acids is 6. The Hall–Kier alpha value is -6.80. The van der Waals surface area contributed by atoms with E-state index in [2.05, 4.69) is 49.4 Å². The molecule has 7 aromatic rings. The van der Waals surface area contributed by atoms with Crippen molar-refractivity contribution in [3.63, 3.8) is 0 Å². The number of benzene rings is 7. The molecule has 0 heterocycles. The summed E-state index contributed by atoms with van der Waals surface area (Å²) >= 11 is 3.50. The Morgan fingerprint density at radius 2 is 0.841 bits per heavy atom. The molecule has 8 saturated carbocycles. The van der Waals surface area contributed by atoms with E-state index in [4.69, 9.17) is 0 Å². The molecule has 7 aromatic carbocycles. The maximum Gasteiger partial charge on any atom is 2.00 e. The van der Waals surface area contributed by atoms with Crippen LogP contribution in [-0.4, -0.2) is 112 Å². The van der Waals surface area contributed by atoms with Gasteiger partial charge in [-0.3, -0.25) is 33.8 Å². The van der Waals surface area contributed by atoms with Crippen LogP contribution in [0.1, 0.15) is 260 Å². The Morgan fingerprint density at radius 1 is 0.484 bits per heavy atom. The zero-order valence-electron chi connectivity index (χ0n) is 72.4. The number of Topliss-reactive ketones (excluding diaryl/α,β-unsaturated/α-hetero) is 5. The molecule has 8 fully saturated rings. The van der Waals surface area contributed by atoms with E-state index in [1.807, 2.05) is 18.2 Å². The molecule has 2 unspecified atom stereocenters. The molecule has 5 N–H and O–H groups in total. The van der Waals surface area contributed by atoms with E-state index in [-0.39, 0.29) is 153 Å². The van der Waals surface area contributed by atoms with Crippen molar-refractivity contribution in [3.8, 4) is 0 Å². The Bertz CT molecular complexity index is 4500. The van der Waals surface area contributed by atoms with Gasteiger partial charge in [0.25, 0.3) is 0 Å². The van der Waals surface area contributed by atoms with Gasteiger partial charge in [0.1, 0.15) is 80.7 Å². The fraction of sp³-hybridized carbons (Fsp3) is 0.440. The monoisotopic (exact) mass is 1940 g/mol. The Labute approximate surface area is 792 Å². The summed E-state index contributed by atoms with van der Waals surface area (Å²) in [6.07, 6.45) is 40.2. The van der Waals surface area contributed by atoms with Crippen LogP contribution in [0.5, 0.6) is 0 Å². The van der Waals surface area contributed by atoms with E-state index in [1.165, 1.54) is 136 Å². The molecular weight excluding hydrogens is 1830 g/mol. The van der Waals surface area contributed by atoms with Crippen LogP contribution in [0.15, 0.2) is 204 Å². The number of allylic oxidation sites excluding steroid dienone is 6. The summed E-state index contributed by atoms with van der Waals surface area (Å²) in [6, 6.07) is 43.5. The molecule has 4 atom stereocenters. The van der Waals surface area contributed by atoms with Crippen LogP contribution in [0, 0.1) is 65.1 Å². The SMILES string of the molecule is CN=C(c1cccc(F)c1)C1(O)CCCC1.CNC1(c2cccc(F)c2)CCCCC1=O.CN[C@@]1(c2cccc(F)c2)CCCCC1=O.CN[C@]1(c2cccc(F)c2)CCCCC1=O.Cl.Cl.Cl.O=C(c1cccc(F)c1)C1(Br)CCCC1.O=C(c1cccc(F)c1)C1CCCC1.O=CC1=CC(F)=C[C+]=C1.OC(c1cccc(F)c1)C1CCCC1.[Br-].[CH-]1CCCC1.[Mg+2]. The Balaban J connectivity index is 0.000000367. The summed E-state index contributed by atoms with van der Waals surface area (Å²) in [4.78, 5) is 74.3. The fourth-order valence-electron chi connectivity index (χ4n) is 17.5. The number of aliphatic hydroxyl groups excluding tert-OH is 1. The summed E-state index contributed by atoms with van der Waals surface area (Å²) in [5, 5.41) is 29.7. The standard InChI is InChI=1S/4C13H16FNO.C12H12BrFO.C12H15FO.C12H13FO.C7H4FO.C5H9.BrH.3ClH.Mg/c1-15-12(13(16)7-2-3-8-13)10-5-4-6-11(14)9-10;3*1-15-13(8-3-2-7-12(13)16)10-5-4-6-11(14)9-10;13-12(6-1-2-7-12)11(15)9-4-3-5-10(14)8-9;2*13-11-7-3-6-10(8-11)12(14)9-4-1-2-5-9;8-7-3-1-2-6(4-7)5-9;1-2-4-5-3-1;;;;;/h4-6,9,16H,2-3,7-8H2,1H3;3*4-6,9,15H,2-3,7-8H2,1H3;3-5,8H,1-2,6-7H2;3,6-9,12,14H,1-2,4-5H2;3,6-9H,1-2,4-5H2;2-5H;1H,2-5H2;4*1H;/q;;;;;;;+1;-1;;;;;+2/p-1/t;2*13-;;;;;;;;;;;/m.10.........../s1. The van der Waals surface area contributed by atoms with Crippen molar-refractivity contribution in [2.75, 3.05) is 28.2 Å². The predicted molar refractivity (Wildman–Crippen MR) is 492 cm³/mol. The van der Waals surface area contributed by atoms with Gasteiger partial charge < -0.3 is 49.6 Å². The van der Waals surface area contributed by atoms with Gasteiger partial charge >= 0.3 is 23.1 Å². The second-order valence-electron chi connectivity index (χ2n) is 32.3. The summed E-state index contributed by atoms with van der Waals surface area (Å²) in [5.41, 5.74) is 2.72. The molecule has 0 aliphatic heterocycles. The van der Waals surface area contributed by atoms with Crippen LogP contribution in [0.4, 0.5) is 35.1 Å². The molecule has 0 amide bonds. The van der Waals surface area contributed by atoms with Crippen LogP contribution in [0.2, 0.25) is 0 Å². The summed E-state index contributed by atoms with van der Waals surface area (Å²) in [5.74, 6) is -1.41. The molecule has 12 nitrogen and oxygen atoms in total. The predicted octanol–water partition coefficient (Wildman–Crippen LogP) is 20.7. The quantitative estimate of drug-likeness (QED) is 0.0125. The molecular formula is C100H120Br2Cl3F8MgN4O8+. The first-order chi connectivity index (χ1) is 58.2. The van der Waals surface area contributed by atoms with Crippen LogP contribution in [-0.2, 0) is 35.8 Å². The van der Waals surface area contributed by atoms with Gasteiger partial charge in [0.15, 0.2) is 28.9 Å². The third-order valence-corrected chi connectivity index (χ3v) is 25.4. The van der Waals surface area contributed by atoms with E-state index < -0.39 is 38.5 Å². The zero-order chi connectivity index (χ0) is 87.4. The number of halogens is 13. The third-order valence-electron chi connectivity index (χ3n) is 24.2. The first-order valence-corrected chi connectivity index (χ1v) is 43.6. The van der Waals surface area contributed by atoms with Gasteiger partial charge in [-0.1, -0.05) is 184 Å². The average molecular weight is 1950 g/mol. The minimum Gasteiger partial charge on any atom is -1.00 e. The molecule has 0 aromatic heterocycles. The van der Waals surface area contributed by atoms with Crippen LogP contribution < -0.4 is 32.9 Å². The molecule has 0 spiro atoms. The molecule has 126 heavy (non-hydrogen) atoms. The number of aliphatic hydroxyl groups is 2. The number of aldehydes is 1. The molecule has 0 saturated heterocycles. The normalized spacial score (nSPS) is 20.8. The van der Waals surface area contributed by atoms with Gasteiger partial charge in [-0.25, -0.2) is 30.7 Å². The van der Waals surface area contributed by atoms with Crippen LogP contribution in [0.3, 0.4) is 0 Å². The molecule has 26 heteroatoms. The van der Waals surface area contributed by atoms with Gasteiger partial charge in [-0.05, 0) is 224 Å². The summed E-state index contributed by atoms with van der Waals surface area (Å²) in [6.45, 7) is 0. The first kappa shape index (κ1) is 113. The minimum atomic E-state index is -0.859. The second-order valence-corrected chi connectivity index (χ2v) is 33.8. The molecule has 16 rings (SSSR count). The number of aliphatic imine (C=N–C) groups is 1. The van der Waals surface area contributed by atoms with Crippen molar-refractivity contribution in [3.05, 3.63) is 292 Å². The van der Waals surface area contributed by atoms with E-state index in [1.54, 1.807) is 94.9 Å². The molecule has 9 aliphatic rings. The van der Waals surface area contributed by atoms with Crippen molar-refractivity contribution in [1.29, 1.82) is 0 Å². The maximum absolute atomic E-state index is 13.2. The number of nitrogens with one attached hydrogen (secondary N) is 3. The number of rotatable bonds is 15. The number of hydrogen-bond donors (Lipinski definition) is 5. The Kier molecular flexibility index (Phi) is 51.6. The van der Waals surface area contributed by atoms with Crippen molar-refractivity contribution in [1.82, 2.24) is 16.0 Å². The molecule has 9 aliphatic carbocycles.